The maximum atomic E-state index is 10.5. The first kappa shape index (κ1) is 10.3. The molecule has 4 nitrogen and oxygen atoms in total. The molecule has 2 aromatic rings. The molecule has 2 heterocycles. The van der Waals surface area contributed by atoms with Crippen LogP contribution in [0.4, 0.5) is 5.00 Å². The summed E-state index contributed by atoms with van der Waals surface area (Å²) >= 11 is 2.69. The second-order valence-electron chi connectivity index (χ2n) is 2.93. The van der Waals surface area contributed by atoms with E-state index >= 15 is 0 Å². The number of nitro groups is 1. The molecule has 0 saturated heterocycles. The highest BCUT2D eigenvalue weighted by Gasteiger charge is 2.16. The number of rotatable bonds is 3. The Hall–Kier alpha value is -1.24. The minimum Gasteiger partial charge on any atom is -0.319 e. The van der Waals surface area contributed by atoms with Crippen LogP contribution in [0.3, 0.4) is 0 Å². The molecular weight excluding hydrogens is 232 g/mol. The van der Waals surface area contributed by atoms with E-state index in [4.69, 9.17) is 5.73 Å². The summed E-state index contributed by atoms with van der Waals surface area (Å²) in [7, 11) is 0. The van der Waals surface area contributed by atoms with Gasteiger partial charge in [-0.1, -0.05) is 17.4 Å². The number of hydrogen-bond donors (Lipinski definition) is 1. The molecule has 0 bridgehead atoms. The maximum Gasteiger partial charge on any atom is 0.324 e. The molecule has 0 aliphatic carbocycles. The Morgan fingerprint density at radius 2 is 2.13 bits per heavy atom. The molecule has 2 rings (SSSR count). The molecular formula is C9H8N2O2S2. The van der Waals surface area contributed by atoms with Gasteiger partial charge in [-0.25, -0.2) is 0 Å². The van der Waals surface area contributed by atoms with Crippen LogP contribution in [0.25, 0.3) is 0 Å². The maximum absolute atomic E-state index is 10.5. The Morgan fingerprint density at radius 1 is 1.33 bits per heavy atom. The van der Waals surface area contributed by atoms with Crippen LogP contribution in [0, 0.1) is 10.1 Å². The van der Waals surface area contributed by atoms with Crippen molar-refractivity contribution in [2.75, 3.05) is 0 Å². The lowest BCUT2D eigenvalue weighted by Gasteiger charge is -2.04. The second kappa shape index (κ2) is 4.09. The van der Waals surface area contributed by atoms with Crippen LogP contribution >= 0.6 is 22.7 Å². The topological polar surface area (TPSA) is 69.2 Å². The summed E-state index contributed by atoms with van der Waals surface area (Å²) in [5.41, 5.74) is 5.97. The van der Waals surface area contributed by atoms with E-state index in [1.165, 1.54) is 6.07 Å². The van der Waals surface area contributed by atoms with E-state index in [2.05, 4.69) is 0 Å². The van der Waals surface area contributed by atoms with Gasteiger partial charge >= 0.3 is 5.00 Å². The summed E-state index contributed by atoms with van der Waals surface area (Å²) in [5, 5.41) is 12.6. The van der Waals surface area contributed by atoms with Gasteiger partial charge in [-0.3, -0.25) is 10.1 Å². The standard InChI is InChI=1S/C9H8N2O2S2/c10-9(6-2-1-5-14-6)7-3-4-8(15-7)11(12)13/h1-5,9H,10H2/t9-/m1/s1. The predicted molar refractivity (Wildman–Crippen MR) is 61.3 cm³/mol. The van der Waals surface area contributed by atoms with Crippen molar-refractivity contribution >= 4 is 27.7 Å². The lowest BCUT2D eigenvalue weighted by Crippen LogP contribution is -2.07. The Labute approximate surface area is 94.1 Å². The Morgan fingerprint density at radius 3 is 2.67 bits per heavy atom. The monoisotopic (exact) mass is 240 g/mol. The lowest BCUT2D eigenvalue weighted by atomic mass is 10.2. The van der Waals surface area contributed by atoms with Crippen molar-refractivity contribution < 1.29 is 4.92 Å². The first-order chi connectivity index (χ1) is 7.18. The van der Waals surface area contributed by atoms with E-state index < -0.39 is 4.92 Å². The SMILES string of the molecule is N[C@H](c1cccs1)c1ccc([N+](=O)[O-])s1. The molecule has 0 amide bonds. The normalized spacial score (nSPS) is 12.6. The Balaban J connectivity index is 2.26. The van der Waals surface area contributed by atoms with E-state index in [1.54, 1.807) is 17.4 Å². The molecule has 0 saturated carbocycles. The van der Waals surface area contributed by atoms with Gasteiger partial charge in [-0.05, 0) is 17.5 Å². The molecule has 2 aromatic heterocycles. The largest absolute Gasteiger partial charge is 0.324 e. The van der Waals surface area contributed by atoms with Crippen LogP contribution in [0.2, 0.25) is 0 Å². The first-order valence-corrected chi connectivity index (χ1v) is 5.91. The number of nitrogens with two attached hydrogens (primary N) is 1. The van der Waals surface area contributed by atoms with E-state index in [1.807, 2.05) is 17.5 Å². The Kier molecular flexibility index (Phi) is 2.81. The van der Waals surface area contributed by atoms with Crippen molar-refractivity contribution in [1.29, 1.82) is 0 Å². The molecule has 0 aliphatic heterocycles. The predicted octanol–water partition coefficient (Wildman–Crippen LogP) is 2.77. The summed E-state index contributed by atoms with van der Waals surface area (Å²) in [6.07, 6.45) is 0. The third kappa shape index (κ3) is 2.06. The van der Waals surface area contributed by atoms with E-state index in [0.29, 0.717) is 0 Å². The molecule has 1 atom stereocenters. The molecule has 0 aliphatic rings. The smallest absolute Gasteiger partial charge is 0.319 e. The number of nitrogens with zero attached hydrogens (tertiary/aromatic N) is 1. The third-order valence-corrected chi connectivity index (χ3v) is 4.02. The highest BCUT2D eigenvalue weighted by Crippen LogP contribution is 2.32. The zero-order chi connectivity index (χ0) is 10.8. The van der Waals surface area contributed by atoms with Gasteiger partial charge in [0, 0.05) is 15.8 Å². The minimum absolute atomic E-state index is 0.136. The van der Waals surface area contributed by atoms with Gasteiger partial charge in [0.25, 0.3) is 0 Å². The number of hydrogen-bond acceptors (Lipinski definition) is 5. The highest BCUT2D eigenvalue weighted by molar-refractivity contribution is 7.15. The molecule has 15 heavy (non-hydrogen) atoms. The highest BCUT2D eigenvalue weighted by atomic mass is 32.1. The van der Waals surface area contributed by atoms with Crippen LogP contribution < -0.4 is 5.73 Å². The summed E-state index contributed by atoms with van der Waals surface area (Å²) in [4.78, 5) is 12.0. The van der Waals surface area contributed by atoms with E-state index in [0.717, 1.165) is 21.1 Å². The first-order valence-electron chi connectivity index (χ1n) is 4.21. The zero-order valence-corrected chi connectivity index (χ0v) is 9.25. The van der Waals surface area contributed by atoms with Gasteiger partial charge in [-0.2, -0.15) is 0 Å². The summed E-state index contributed by atoms with van der Waals surface area (Å²) in [5.74, 6) is 0. The van der Waals surface area contributed by atoms with Gasteiger partial charge in [0.05, 0.1) is 11.0 Å². The van der Waals surface area contributed by atoms with Gasteiger partial charge in [0.2, 0.25) is 0 Å². The average molecular weight is 240 g/mol. The van der Waals surface area contributed by atoms with Crippen molar-refractivity contribution in [2.24, 2.45) is 5.73 Å². The van der Waals surface area contributed by atoms with Crippen LogP contribution in [-0.2, 0) is 0 Å². The third-order valence-electron chi connectivity index (χ3n) is 1.95. The molecule has 0 fully saturated rings. The van der Waals surface area contributed by atoms with Gasteiger partial charge in [0.1, 0.15) is 0 Å². The molecule has 78 valence electrons. The summed E-state index contributed by atoms with van der Waals surface area (Å²) < 4.78 is 0. The number of thiophene rings is 2. The second-order valence-corrected chi connectivity index (χ2v) is 5.00. The van der Waals surface area contributed by atoms with Crippen molar-refractivity contribution in [1.82, 2.24) is 0 Å². The molecule has 0 spiro atoms. The summed E-state index contributed by atoms with van der Waals surface area (Å²) in [6.45, 7) is 0. The van der Waals surface area contributed by atoms with E-state index in [-0.39, 0.29) is 11.0 Å². The van der Waals surface area contributed by atoms with Crippen LogP contribution in [0.5, 0.6) is 0 Å². The fourth-order valence-electron chi connectivity index (χ4n) is 1.22. The van der Waals surface area contributed by atoms with Crippen molar-refractivity contribution in [3.63, 3.8) is 0 Å². The van der Waals surface area contributed by atoms with Gasteiger partial charge in [0.15, 0.2) is 0 Å². The molecule has 0 unspecified atom stereocenters. The van der Waals surface area contributed by atoms with Crippen molar-refractivity contribution in [3.05, 3.63) is 49.5 Å². The van der Waals surface area contributed by atoms with Crippen LogP contribution in [0.1, 0.15) is 15.8 Å². The van der Waals surface area contributed by atoms with Crippen LogP contribution in [0.15, 0.2) is 29.6 Å². The molecule has 0 aromatic carbocycles. The molecule has 2 N–H and O–H groups in total. The fourth-order valence-corrected chi connectivity index (χ4v) is 2.88. The Bertz CT molecular complexity index is 464. The molecule has 6 heteroatoms. The molecule has 0 radical (unpaired) electrons. The van der Waals surface area contributed by atoms with Gasteiger partial charge in [-0.15, -0.1) is 11.3 Å². The van der Waals surface area contributed by atoms with Crippen molar-refractivity contribution in [3.8, 4) is 0 Å². The van der Waals surface area contributed by atoms with Gasteiger partial charge < -0.3 is 5.73 Å². The lowest BCUT2D eigenvalue weighted by molar-refractivity contribution is -0.380. The van der Waals surface area contributed by atoms with Crippen molar-refractivity contribution in [2.45, 2.75) is 6.04 Å². The minimum atomic E-state index is -0.394. The quantitative estimate of drug-likeness (QED) is 0.662. The fraction of sp³-hybridized carbons (Fsp3) is 0.111. The summed E-state index contributed by atoms with van der Waals surface area (Å²) in [6, 6.07) is 6.81. The average Bonchev–Trinajstić information content (AvgIpc) is 2.88. The zero-order valence-electron chi connectivity index (χ0n) is 7.62. The van der Waals surface area contributed by atoms with E-state index in [9.17, 15) is 10.1 Å². The van der Waals surface area contributed by atoms with Crippen LogP contribution in [-0.4, -0.2) is 4.92 Å².